The third kappa shape index (κ3) is 2.61. The van der Waals surface area contributed by atoms with Crippen LogP contribution < -0.4 is 5.73 Å². The maximum absolute atomic E-state index is 10.8. The molecule has 1 aliphatic heterocycles. The van der Waals surface area contributed by atoms with E-state index in [1.54, 1.807) is 6.07 Å². The first-order valence-electron chi connectivity index (χ1n) is 6.35. The Kier molecular flexibility index (Phi) is 3.81. The molecule has 1 heterocycles. The first-order chi connectivity index (χ1) is 8.59. The molecule has 0 aliphatic carbocycles. The molecule has 0 saturated carbocycles. The maximum Gasteiger partial charge on any atom is 0.292 e. The molecule has 1 aliphatic rings. The quantitative estimate of drug-likeness (QED) is 0.507. The number of rotatable bonds is 3. The van der Waals surface area contributed by atoms with Gasteiger partial charge in [0, 0.05) is 18.7 Å². The zero-order chi connectivity index (χ0) is 13.1. The van der Waals surface area contributed by atoms with Gasteiger partial charge in [0.1, 0.15) is 5.69 Å². The number of nitro benzene ring substituents is 1. The van der Waals surface area contributed by atoms with Gasteiger partial charge in [0.2, 0.25) is 0 Å². The van der Waals surface area contributed by atoms with Crippen molar-refractivity contribution in [1.29, 1.82) is 0 Å². The number of nitrogen functional groups attached to an aromatic ring is 1. The van der Waals surface area contributed by atoms with Crippen molar-refractivity contribution in [2.75, 3.05) is 12.3 Å². The highest BCUT2D eigenvalue weighted by Gasteiger charge is 2.21. The molecule has 2 rings (SSSR count). The van der Waals surface area contributed by atoms with Gasteiger partial charge in [0.05, 0.1) is 4.92 Å². The van der Waals surface area contributed by atoms with Crippen molar-refractivity contribution in [2.24, 2.45) is 0 Å². The van der Waals surface area contributed by atoms with E-state index in [4.69, 9.17) is 5.73 Å². The molecule has 0 spiro atoms. The molecular weight excluding hydrogens is 230 g/mol. The summed E-state index contributed by atoms with van der Waals surface area (Å²) in [7, 11) is 0. The molecule has 18 heavy (non-hydrogen) atoms. The smallest absolute Gasteiger partial charge is 0.292 e. The lowest BCUT2D eigenvalue weighted by Crippen LogP contribution is -2.36. The van der Waals surface area contributed by atoms with E-state index in [1.807, 2.05) is 6.07 Å². The molecule has 1 atom stereocenters. The van der Waals surface area contributed by atoms with E-state index >= 15 is 0 Å². The lowest BCUT2D eigenvalue weighted by Gasteiger charge is -2.33. The van der Waals surface area contributed by atoms with Crippen molar-refractivity contribution in [3.8, 4) is 0 Å². The molecule has 0 radical (unpaired) electrons. The van der Waals surface area contributed by atoms with E-state index in [2.05, 4.69) is 11.8 Å². The van der Waals surface area contributed by atoms with E-state index in [0.717, 1.165) is 12.1 Å². The highest BCUT2D eigenvalue weighted by molar-refractivity contribution is 5.62. The van der Waals surface area contributed by atoms with Crippen molar-refractivity contribution in [1.82, 2.24) is 4.90 Å². The van der Waals surface area contributed by atoms with Crippen molar-refractivity contribution >= 4 is 11.4 Å². The highest BCUT2D eigenvalue weighted by atomic mass is 16.6. The Morgan fingerprint density at radius 3 is 2.94 bits per heavy atom. The van der Waals surface area contributed by atoms with Gasteiger partial charge in [0.15, 0.2) is 0 Å². The monoisotopic (exact) mass is 249 g/mol. The fourth-order valence-electron chi connectivity index (χ4n) is 2.51. The minimum absolute atomic E-state index is 0.0113. The van der Waals surface area contributed by atoms with Gasteiger partial charge in [-0.25, -0.2) is 0 Å². The Morgan fingerprint density at radius 2 is 2.28 bits per heavy atom. The zero-order valence-electron chi connectivity index (χ0n) is 10.6. The van der Waals surface area contributed by atoms with Crippen LogP contribution >= 0.6 is 0 Å². The van der Waals surface area contributed by atoms with Crippen molar-refractivity contribution in [3.05, 3.63) is 33.9 Å². The molecule has 0 aromatic heterocycles. The summed E-state index contributed by atoms with van der Waals surface area (Å²) >= 11 is 0. The number of nitrogens with zero attached hydrogens (tertiary/aromatic N) is 2. The van der Waals surface area contributed by atoms with Crippen LogP contribution in [0.3, 0.4) is 0 Å². The second-order valence-electron chi connectivity index (χ2n) is 4.92. The number of likely N-dealkylation sites (tertiary alicyclic amines) is 1. The molecule has 1 saturated heterocycles. The minimum atomic E-state index is -0.418. The average Bonchev–Trinajstić information content (AvgIpc) is 2.34. The molecule has 0 bridgehead atoms. The lowest BCUT2D eigenvalue weighted by atomic mass is 10.0. The molecule has 2 N–H and O–H groups in total. The number of nitrogens with two attached hydrogens (primary N) is 1. The van der Waals surface area contributed by atoms with Gasteiger partial charge in [-0.15, -0.1) is 0 Å². The van der Waals surface area contributed by atoms with Crippen LogP contribution in [0.25, 0.3) is 0 Å². The summed E-state index contributed by atoms with van der Waals surface area (Å²) in [6, 6.07) is 5.57. The number of hydrogen-bond donors (Lipinski definition) is 1. The summed E-state index contributed by atoms with van der Waals surface area (Å²) < 4.78 is 0. The first-order valence-corrected chi connectivity index (χ1v) is 6.35. The molecule has 1 fully saturated rings. The molecule has 1 aromatic rings. The Balaban J connectivity index is 2.18. The van der Waals surface area contributed by atoms with E-state index in [9.17, 15) is 10.1 Å². The third-order valence-corrected chi connectivity index (χ3v) is 3.68. The van der Waals surface area contributed by atoms with E-state index in [1.165, 1.54) is 25.3 Å². The Hall–Kier alpha value is -1.62. The summed E-state index contributed by atoms with van der Waals surface area (Å²) in [5, 5.41) is 10.8. The second-order valence-corrected chi connectivity index (χ2v) is 4.92. The molecular formula is C13H19N3O2. The van der Waals surface area contributed by atoms with E-state index < -0.39 is 4.92 Å². The van der Waals surface area contributed by atoms with Crippen molar-refractivity contribution in [3.63, 3.8) is 0 Å². The van der Waals surface area contributed by atoms with Crippen LogP contribution in [-0.2, 0) is 6.54 Å². The zero-order valence-corrected chi connectivity index (χ0v) is 10.6. The van der Waals surface area contributed by atoms with Gasteiger partial charge < -0.3 is 5.73 Å². The molecule has 1 unspecified atom stereocenters. The average molecular weight is 249 g/mol. The standard InChI is InChI=1S/C13H19N3O2/c1-10-5-2-3-8-15(10)9-11-6-4-7-12(13(11)14)16(17)18/h4,6-7,10H,2-3,5,8-9,14H2,1H3. The number of nitro groups is 1. The molecule has 98 valence electrons. The predicted molar refractivity (Wildman–Crippen MR) is 71.2 cm³/mol. The van der Waals surface area contributed by atoms with Crippen molar-refractivity contribution < 1.29 is 4.92 Å². The van der Waals surface area contributed by atoms with Gasteiger partial charge in [-0.1, -0.05) is 18.6 Å². The molecule has 5 nitrogen and oxygen atoms in total. The van der Waals surface area contributed by atoms with Crippen LogP contribution in [0.5, 0.6) is 0 Å². The number of benzene rings is 1. The van der Waals surface area contributed by atoms with E-state index in [-0.39, 0.29) is 5.69 Å². The topological polar surface area (TPSA) is 72.4 Å². The van der Waals surface area contributed by atoms with Gasteiger partial charge in [-0.3, -0.25) is 15.0 Å². The molecule has 1 aromatic carbocycles. The highest BCUT2D eigenvalue weighted by Crippen LogP contribution is 2.27. The number of para-hydroxylation sites is 1. The van der Waals surface area contributed by atoms with Gasteiger partial charge in [-0.05, 0) is 31.9 Å². The van der Waals surface area contributed by atoms with Crippen LogP contribution in [0.1, 0.15) is 31.7 Å². The lowest BCUT2D eigenvalue weighted by molar-refractivity contribution is -0.384. The van der Waals surface area contributed by atoms with Crippen molar-refractivity contribution in [2.45, 2.75) is 38.8 Å². The number of anilines is 1. The largest absolute Gasteiger partial charge is 0.393 e. The molecule has 5 heteroatoms. The SMILES string of the molecule is CC1CCCCN1Cc1cccc([N+](=O)[O-])c1N. The van der Waals surface area contributed by atoms with Crippen LogP contribution in [-0.4, -0.2) is 22.4 Å². The Labute approximate surface area is 107 Å². The number of hydrogen-bond acceptors (Lipinski definition) is 4. The van der Waals surface area contributed by atoms with Gasteiger partial charge in [-0.2, -0.15) is 0 Å². The minimum Gasteiger partial charge on any atom is -0.393 e. The van der Waals surface area contributed by atoms with E-state index in [0.29, 0.717) is 18.3 Å². The van der Waals surface area contributed by atoms with Crippen LogP contribution in [0.15, 0.2) is 18.2 Å². The Bertz CT molecular complexity index is 448. The van der Waals surface area contributed by atoms with Crippen LogP contribution in [0, 0.1) is 10.1 Å². The third-order valence-electron chi connectivity index (χ3n) is 3.68. The summed E-state index contributed by atoms with van der Waals surface area (Å²) in [5.41, 5.74) is 7.05. The maximum atomic E-state index is 10.8. The summed E-state index contributed by atoms with van der Waals surface area (Å²) in [5.74, 6) is 0. The first kappa shape index (κ1) is 12.8. The van der Waals surface area contributed by atoms with Crippen LogP contribution in [0.2, 0.25) is 0 Å². The fraction of sp³-hybridized carbons (Fsp3) is 0.538. The summed E-state index contributed by atoms with van der Waals surface area (Å²) in [6.07, 6.45) is 3.65. The molecule has 0 amide bonds. The van der Waals surface area contributed by atoms with Gasteiger partial charge in [0.25, 0.3) is 5.69 Å². The predicted octanol–water partition coefficient (Wildman–Crippen LogP) is 2.55. The second kappa shape index (κ2) is 5.35. The summed E-state index contributed by atoms with van der Waals surface area (Å²) in [6.45, 7) is 3.95. The summed E-state index contributed by atoms with van der Waals surface area (Å²) in [4.78, 5) is 12.8. The fourth-order valence-corrected chi connectivity index (χ4v) is 2.51. The number of piperidine rings is 1. The normalized spacial score (nSPS) is 20.8. The Morgan fingerprint density at radius 1 is 1.50 bits per heavy atom. The van der Waals surface area contributed by atoms with Crippen LogP contribution in [0.4, 0.5) is 11.4 Å². The van der Waals surface area contributed by atoms with Gasteiger partial charge >= 0.3 is 0 Å².